The van der Waals surface area contributed by atoms with E-state index in [1.165, 1.54) is 57.8 Å². The van der Waals surface area contributed by atoms with Gasteiger partial charge in [0.25, 0.3) is 0 Å². The van der Waals surface area contributed by atoms with Gasteiger partial charge < -0.3 is 10.4 Å². The minimum Gasteiger partial charge on any atom is -0.504 e. The van der Waals surface area contributed by atoms with Crippen LogP contribution in [0.5, 0.6) is 5.75 Å². The molecule has 1 aromatic rings. The molecule has 1 amide bonds. The molecule has 0 heterocycles. The van der Waals surface area contributed by atoms with Crippen LogP contribution in [0.15, 0.2) is 6.07 Å². The maximum Gasteiger partial charge on any atom is 0.224 e. The van der Waals surface area contributed by atoms with Gasteiger partial charge in [-0.2, -0.15) is 0 Å². The summed E-state index contributed by atoms with van der Waals surface area (Å²) < 4.78 is 0. The Labute approximate surface area is 174 Å². The fraction of sp³-hybridized carbons (Fsp3) is 0.682. The number of unbranched alkanes of at least 4 members (excludes halogenated alkanes) is 10. The van der Waals surface area contributed by atoms with Crippen molar-refractivity contribution in [3.05, 3.63) is 21.7 Å². The molecule has 0 fully saturated rings. The number of phenolic OH excluding ortho intramolecular Hbond substituents is 1. The molecule has 0 aliphatic heterocycles. The Bertz CT molecular complexity index is 576. The summed E-state index contributed by atoms with van der Waals surface area (Å²) in [4.78, 5) is 12.1. The molecule has 0 saturated heterocycles. The van der Waals surface area contributed by atoms with Crippen molar-refractivity contribution in [3.63, 3.8) is 0 Å². The van der Waals surface area contributed by atoms with Crippen LogP contribution in [0.1, 0.15) is 96.5 Å². The second-order valence-electron chi connectivity index (χ2n) is 7.23. The number of hydrogen-bond donors (Lipinski definition) is 2. The van der Waals surface area contributed by atoms with Crippen molar-refractivity contribution >= 4 is 34.8 Å². The van der Waals surface area contributed by atoms with Gasteiger partial charge in [0, 0.05) is 11.4 Å². The third-order valence-corrected chi connectivity index (χ3v) is 5.67. The van der Waals surface area contributed by atoms with Gasteiger partial charge in [0.1, 0.15) is 0 Å². The molecule has 0 aromatic heterocycles. The van der Waals surface area contributed by atoms with Crippen LogP contribution in [0, 0.1) is 0 Å². The molecule has 0 atom stereocenters. The fourth-order valence-electron chi connectivity index (χ4n) is 3.23. The van der Waals surface area contributed by atoms with Crippen LogP contribution in [-0.2, 0) is 11.2 Å². The molecule has 2 N–H and O–H groups in total. The first-order valence-electron chi connectivity index (χ1n) is 10.5. The summed E-state index contributed by atoms with van der Waals surface area (Å²) in [6, 6.07) is 1.57. The SMILES string of the molecule is CCCCCCCCCCCCCC(=O)Nc1cc(Cl)c(CC)c(Cl)c1O. The maximum atomic E-state index is 12.1. The quantitative estimate of drug-likeness (QED) is 0.239. The largest absolute Gasteiger partial charge is 0.504 e. The number of anilines is 1. The minimum atomic E-state index is -0.113. The van der Waals surface area contributed by atoms with Gasteiger partial charge in [-0.25, -0.2) is 0 Å². The molecule has 1 aromatic carbocycles. The number of benzene rings is 1. The van der Waals surface area contributed by atoms with Crippen LogP contribution in [0.4, 0.5) is 5.69 Å². The summed E-state index contributed by atoms with van der Waals surface area (Å²) in [6.07, 6.45) is 14.8. The lowest BCUT2D eigenvalue weighted by molar-refractivity contribution is -0.116. The summed E-state index contributed by atoms with van der Waals surface area (Å²) >= 11 is 12.3. The molecule has 0 unspecified atom stereocenters. The van der Waals surface area contributed by atoms with Crippen molar-refractivity contribution in [3.8, 4) is 5.75 Å². The molecule has 0 aliphatic rings. The van der Waals surface area contributed by atoms with E-state index in [-0.39, 0.29) is 22.4 Å². The van der Waals surface area contributed by atoms with Crippen LogP contribution >= 0.6 is 23.2 Å². The summed E-state index contributed by atoms with van der Waals surface area (Å²) in [5.41, 5.74) is 0.981. The molecule has 5 heteroatoms. The summed E-state index contributed by atoms with van der Waals surface area (Å²) in [5, 5.41) is 13.5. The average molecular weight is 416 g/mol. The van der Waals surface area contributed by atoms with Gasteiger partial charge in [0.05, 0.1) is 10.7 Å². The Kier molecular flexibility index (Phi) is 12.6. The topological polar surface area (TPSA) is 49.3 Å². The van der Waals surface area contributed by atoms with Crippen molar-refractivity contribution in [2.75, 3.05) is 5.32 Å². The number of nitrogens with one attached hydrogen (secondary N) is 1. The van der Waals surface area contributed by atoms with Gasteiger partial charge in [-0.1, -0.05) is 101 Å². The van der Waals surface area contributed by atoms with E-state index in [4.69, 9.17) is 23.2 Å². The number of hydrogen-bond acceptors (Lipinski definition) is 2. The Morgan fingerprint density at radius 2 is 1.44 bits per heavy atom. The van der Waals surface area contributed by atoms with Crippen molar-refractivity contribution in [1.82, 2.24) is 0 Å². The van der Waals surface area contributed by atoms with E-state index < -0.39 is 0 Å². The minimum absolute atomic E-state index is 0.106. The second kappa shape index (κ2) is 14.1. The molecule has 27 heavy (non-hydrogen) atoms. The van der Waals surface area contributed by atoms with E-state index >= 15 is 0 Å². The van der Waals surface area contributed by atoms with Crippen molar-refractivity contribution in [2.45, 2.75) is 97.3 Å². The van der Waals surface area contributed by atoms with Crippen LogP contribution in [0.3, 0.4) is 0 Å². The van der Waals surface area contributed by atoms with Gasteiger partial charge in [0.15, 0.2) is 5.75 Å². The highest BCUT2D eigenvalue weighted by molar-refractivity contribution is 6.37. The fourth-order valence-corrected chi connectivity index (χ4v) is 3.95. The lowest BCUT2D eigenvalue weighted by Crippen LogP contribution is -2.11. The molecular weight excluding hydrogens is 381 g/mol. The predicted octanol–water partition coefficient (Wildman–Crippen LogP) is 7.90. The first-order chi connectivity index (χ1) is 13.0. The zero-order valence-corrected chi connectivity index (χ0v) is 18.4. The maximum absolute atomic E-state index is 12.1. The second-order valence-corrected chi connectivity index (χ2v) is 8.02. The molecule has 0 saturated carbocycles. The Morgan fingerprint density at radius 3 is 1.96 bits per heavy atom. The molecule has 154 valence electrons. The monoisotopic (exact) mass is 415 g/mol. The number of carbonyl (C=O) groups excluding carboxylic acids is 1. The number of halogens is 2. The van der Waals surface area contributed by atoms with Crippen LogP contribution in [0.25, 0.3) is 0 Å². The highest BCUT2D eigenvalue weighted by Crippen LogP contribution is 2.39. The van der Waals surface area contributed by atoms with Crippen LogP contribution < -0.4 is 5.32 Å². The van der Waals surface area contributed by atoms with E-state index in [9.17, 15) is 9.90 Å². The third kappa shape index (κ3) is 9.21. The molecule has 1 rings (SSSR count). The first-order valence-corrected chi connectivity index (χ1v) is 11.3. The molecule has 0 aliphatic carbocycles. The van der Waals surface area contributed by atoms with Gasteiger partial charge in [-0.15, -0.1) is 0 Å². The predicted molar refractivity (Wildman–Crippen MR) is 117 cm³/mol. The number of amides is 1. The molecule has 0 spiro atoms. The molecule has 3 nitrogen and oxygen atoms in total. The normalized spacial score (nSPS) is 11.0. The van der Waals surface area contributed by atoms with Crippen molar-refractivity contribution < 1.29 is 9.90 Å². The number of phenols is 1. The Morgan fingerprint density at radius 1 is 0.926 bits per heavy atom. The highest BCUT2D eigenvalue weighted by Gasteiger charge is 2.15. The van der Waals surface area contributed by atoms with Gasteiger partial charge >= 0.3 is 0 Å². The molecular formula is C22H35Cl2NO2. The summed E-state index contributed by atoms with van der Waals surface area (Å²) in [5.74, 6) is -0.220. The van der Waals surface area contributed by atoms with E-state index in [0.29, 0.717) is 23.4 Å². The van der Waals surface area contributed by atoms with Gasteiger partial charge in [0.2, 0.25) is 5.91 Å². The van der Waals surface area contributed by atoms with Crippen molar-refractivity contribution in [1.29, 1.82) is 0 Å². The zero-order valence-electron chi connectivity index (χ0n) is 16.9. The van der Waals surface area contributed by atoms with Crippen molar-refractivity contribution in [2.24, 2.45) is 0 Å². The highest BCUT2D eigenvalue weighted by atomic mass is 35.5. The summed E-state index contributed by atoms with van der Waals surface area (Å²) in [6.45, 7) is 4.16. The van der Waals surface area contributed by atoms with E-state index in [2.05, 4.69) is 12.2 Å². The van der Waals surface area contributed by atoms with E-state index in [1.807, 2.05) is 6.92 Å². The van der Waals surface area contributed by atoms with Gasteiger partial charge in [-0.05, 0) is 24.5 Å². The van der Waals surface area contributed by atoms with Crippen LogP contribution in [0.2, 0.25) is 10.0 Å². The molecule has 0 radical (unpaired) electrons. The van der Waals surface area contributed by atoms with E-state index in [0.717, 1.165) is 12.8 Å². The zero-order chi connectivity index (χ0) is 20.1. The Balaban J connectivity index is 2.18. The third-order valence-electron chi connectivity index (χ3n) is 4.92. The van der Waals surface area contributed by atoms with Crippen LogP contribution in [-0.4, -0.2) is 11.0 Å². The van der Waals surface area contributed by atoms with Gasteiger partial charge in [-0.3, -0.25) is 4.79 Å². The number of carbonyl (C=O) groups is 1. The lowest BCUT2D eigenvalue weighted by Gasteiger charge is -2.13. The smallest absolute Gasteiger partial charge is 0.224 e. The molecule has 0 bridgehead atoms. The van der Waals surface area contributed by atoms with E-state index in [1.54, 1.807) is 6.07 Å². The Hall–Kier alpha value is -0.930. The lowest BCUT2D eigenvalue weighted by atomic mass is 10.1. The number of aromatic hydroxyl groups is 1. The standard InChI is InChI=1S/C22H35Cl2NO2/c1-3-5-6-7-8-9-10-11-12-13-14-15-20(26)25-19-16-18(23)17(4-2)21(24)22(19)27/h16,27H,3-15H2,1-2H3,(H,25,26). The first kappa shape index (κ1) is 24.1. The number of rotatable bonds is 14. The summed E-state index contributed by atoms with van der Waals surface area (Å²) in [7, 11) is 0. The average Bonchev–Trinajstić information content (AvgIpc) is 2.64.